The minimum absolute atomic E-state index is 0.0612. The fourth-order valence-corrected chi connectivity index (χ4v) is 2.62. The van der Waals surface area contributed by atoms with Gasteiger partial charge in [0.1, 0.15) is 5.82 Å². The molecule has 0 heterocycles. The van der Waals surface area contributed by atoms with Crippen LogP contribution in [0.4, 0.5) is 4.39 Å². The number of rotatable bonds is 2. The van der Waals surface area contributed by atoms with E-state index in [4.69, 9.17) is 5.73 Å². The van der Waals surface area contributed by atoms with E-state index in [0.29, 0.717) is 0 Å². The molecular weight excluding hydrogens is 201 g/mol. The van der Waals surface area contributed by atoms with Gasteiger partial charge in [-0.25, -0.2) is 4.39 Å². The molecule has 1 nitrogen and oxygen atoms in total. The van der Waals surface area contributed by atoms with Crippen LogP contribution >= 0.6 is 0 Å². The second kappa shape index (κ2) is 4.96. The summed E-state index contributed by atoms with van der Waals surface area (Å²) < 4.78 is 12.8. The number of benzene rings is 1. The number of nitrogens with two attached hydrogens (primary N) is 1. The highest BCUT2D eigenvalue weighted by atomic mass is 19.1. The van der Waals surface area contributed by atoms with Crippen LogP contribution in [0.2, 0.25) is 0 Å². The molecule has 0 bridgehead atoms. The number of halogens is 1. The van der Waals surface area contributed by atoms with E-state index < -0.39 is 0 Å². The van der Waals surface area contributed by atoms with Crippen molar-refractivity contribution < 1.29 is 4.39 Å². The molecule has 1 saturated carbocycles. The van der Waals surface area contributed by atoms with Gasteiger partial charge in [-0.3, -0.25) is 0 Å². The lowest BCUT2D eigenvalue weighted by Crippen LogP contribution is -2.41. The molecule has 0 aromatic heterocycles. The fraction of sp³-hybridized carbons (Fsp3) is 0.571. The third-order valence-electron chi connectivity index (χ3n) is 3.57. The Morgan fingerprint density at radius 1 is 1.00 bits per heavy atom. The molecule has 1 aliphatic carbocycles. The van der Waals surface area contributed by atoms with E-state index in [0.717, 1.165) is 24.8 Å². The van der Waals surface area contributed by atoms with Crippen LogP contribution in [-0.4, -0.2) is 5.54 Å². The van der Waals surface area contributed by atoms with Gasteiger partial charge in [-0.15, -0.1) is 0 Å². The van der Waals surface area contributed by atoms with E-state index in [1.54, 1.807) is 0 Å². The first-order valence-electron chi connectivity index (χ1n) is 6.21. The minimum Gasteiger partial charge on any atom is -0.325 e. The first-order chi connectivity index (χ1) is 7.68. The maximum absolute atomic E-state index is 12.8. The molecule has 2 rings (SSSR count). The Labute approximate surface area is 96.9 Å². The van der Waals surface area contributed by atoms with Gasteiger partial charge >= 0.3 is 0 Å². The van der Waals surface area contributed by atoms with Crippen molar-refractivity contribution in [2.75, 3.05) is 0 Å². The van der Waals surface area contributed by atoms with Gasteiger partial charge in [0, 0.05) is 5.54 Å². The molecule has 16 heavy (non-hydrogen) atoms. The molecule has 1 aromatic carbocycles. The van der Waals surface area contributed by atoms with Gasteiger partial charge in [0.2, 0.25) is 0 Å². The molecule has 0 saturated heterocycles. The van der Waals surface area contributed by atoms with Crippen LogP contribution in [0.5, 0.6) is 0 Å². The summed E-state index contributed by atoms with van der Waals surface area (Å²) in [4.78, 5) is 0. The monoisotopic (exact) mass is 221 g/mol. The van der Waals surface area contributed by atoms with Crippen molar-refractivity contribution >= 4 is 0 Å². The molecule has 1 aromatic rings. The minimum atomic E-state index is -0.171. The van der Waals surface area contributed by atoms with Crippen LogP contribution in [0.1, 0.15) is 44.1 Å². The summed E-state index contributed by atoms with van der Waals surface area (Å²) in [6.07, 6.45) is 8.17. The second-order valence-corrected chi connectivity index (χ2v) is 5.08. The largest absolute Gasteiger partial charge is 0.325 e. The van der Waals surface area contributed by atoms with Crippen molar-refractivity contribution in [3.63, 3.8) is 0 Å². The predicted octanol–water partition coefficient (Wildman–Crippen LogP) is 3.42. The molecular formula is C14H20FN. The van der Waals surface area contributed by atoms with E-state index in [1.807, 2.05) is 12.1 Å². The molecule has 2 N–H and O–H groups in total. The van der Waals surface area contributed by atoms with Gasteiger partial charge in [-0.05, 0) is 37.0 Å². The summed E-state index contributed by atoms with van der Waals surface area (Å²) in [6, 6.07) is 6.76. The summed E-state index contributed by atoms with van der Waals surface area (Å²) in [5, 5.41) is 0. The van der Waals surface area contributed by atoms with Gasteiger partial charge in [0.15, 0.2) is 0 Å². The fourth-order valence-electron chi connectivity index (χ4n) is 2.62. The third-order valence-corrected chi connectivity index (χ3v) is 3.57. The standard InChI is InChI=1S/C14H20FN/c15-13-7-5-12(6-8-13)11-14(16)9-3-1-2-4-10-14/h5-8H,1-4,9-11,16H2. The predicted molar refractivity (Wildman–Crippen MR) is 64.7 cm³/mol. The van der Waals surface area contributed by atoms with Crippen LogP contribution in [0.3, 0.4) is 0 Å². The van der Waals surface area contributed by atoms with E-state index in [-0.39, 0.29) is 11.4 Å². The summed E-state index contributed by atoms with van der Waals surface area (Å²) in [5.74, 6) is -0.171. The molecule has 2 heteroatoms. The summed E-state index contributed by atoms with van der Waals surface area (Å²) in [6.45, 7) is 0. The summed E-state index contributed by atoms with van der Waals surface area (Å²) in [5.41, 5.74) is 7.53. The van der Waals surface area contributed by atoms with Gasteiger partial charge in [-0.1, -0.05) is 37.8 Å². The van der Waals surface area contributed by atoms with Crippen LogP contribution < -0.4 is 5.73 Å². The SMILES string of the molecule is NC1(Cc2ccc(F)cc2)CCCCCC1. The van der Waals surface area contributed by atoms with E-state index in [9.17, 15) is 4.39 Å². The van der Waals surface area contributed by atoms with Gasteiger partial charge in [0.05, 0.1) is 0 Å². The Morgan fingerprint density at radius 3 is 2.12 bits per heavy atom. The molecule has 0 aliphatic heterocycles. The maximum Gasteiger partial charge on any atom is 0.123 e. The van der Waals surface area contributed by atoms with Crippen molar-refractivity contribution in [3.05, 3.63) is 35.6 Å². The van der Waals surface area contributed by atoms with E-state index in [1.165, 1.54) is 37.8 Å². The zero-order chi connectivity index (χ0) is 11.4. The Morgan fingerprint density at radius 2 is 1.56 bits per heavy atom. The number of hydrogen-bond acceptors (Lipinski definition) is 1. The van der Waals surface area contributed by atoms with Gasteiger partial charge < -0.3 is 5.73 Å². The van der Waals surface area contributed by atoms with Crippen LogP contribution in [0, 0.1) is 5.82 Å². The Bertz CT molecular complexity index is 323. The molecule has 0 atom stereocenters. The van der Waals surface area contributed by atoms with Crippen LogP contribution in [0.15, 0.2) is 24.3 Å². The highest BCUT2D eigenvalue weighted by molar-refractivity contribution is 5.18. The molecule has 0 unspecified atom stereocenters. The summed E-state index contributed by atoms with van der Waals surface area (Å²) in [7, 11) is 0. The third kappa shape index (κ3) is 3.05. The molecule has 1 aliphatic rings. The highest BCUT2D eigenvalue weighted by Crippen LogP contribution is 2.28. The van der Waals surface area contributed by atoms with Crippen molar-refractivity contribution in [1.29, 1.82) is 0 Å². The summed E-state index contributed by atoms with van der Waals surface area (Å²) >= 11 is 0. The quantitative estimate of drug-likeness (QED) is 0.761. The lowest BCUT2D eigenvalue weighted by atomic mass is 9.85. The maximum atomic E-state index is 12.8. The molecule has 0 amide bonds. The Hall–Kier alpha value is -0.890. The molecule has 1 fully saturated rings. The van der Waals surface area contributed by atoms with Crippen molar-refractivity contribution in [1.82, 2.24) is 0 Å². The van der Waals surface area contributed by atoms with Crippen molar-refractivity contribution in [2.45, 2.75) is 50.5 Å². The van der Waals surface area contributed by atoms with E-state index in [2.05, 4.69) is 0 Å². The van der Waals surface area contributed by atoms with Crippen LogP contribution in [0.25, 0.3) is 0 Å². The lowest BCUT2D eigenvalue weighted by molar-refractivity contribution is 0.369. The zero-order valence-corrected chi connectivity index (χ0v) is 9.71. The smallest absolute Gasteiger partial charge is 0.123 e. The topological polar surface area (TPSA) is 26.0 Å². The van der Waals surface area contributed by atoms with Crippen molar-refractivity contribution in [2.24, 2.45) is 5.73 Å². The van der Waals surface area contributed by atoms with Crippen molar-refractivity contribution in [3.8, 4) is 0 Å². The molecule has 88 valence electrons. The Balaban J connectivity index is 2.04. The average Bonchev–Trinajstić information content (AvgIpc) is 2.47. The Kier molecular flexibility index (Phi) is 3.59. The highest BCUT2D eigenvalue weighted by Gasteiger charge is 2.26. The molecule has 0 radical (unpaired) electrons. The lowest BCUT2D eigenvalue weighted by Gasteiger charge is -2.28. The second-order valence-electron chi connectivity index (χ2n) is 5.08. The zero-order valence-electron chi connectivity index (χ0n) is 9.71. The molecule has 0 spiro atoms. The first kappa shape index (κ1) is 11.6. The van der Waals surface area contributed by atoms with Crippen LogP contribution in [-0.2, 0) is 6.42 Å². The first-order valence-corrected chi connectivity index (χ1v) is 6.21. The number of hydrogen-bond donors (Lipinski definition) is 1. The van der Waals surface area contributed by atoms with Gasteiger partial charge in [-0.2, -0.15) is 0 Å². The van der Waals surface area contributed by atoms with Gasteiger partial charge in [0.25, 0.3) is 0 Å². The normalized spacial score (nSPS) is 20.4. The average molecular weight is 221 g/mol. The van der Waals surface area contributed by atoms with E-state index >= 15 is 0 Å².